The van der Waals surface area contributed by atoms with Crippen molar-refractivity contribution >= 4 is 5.95 Å². The summed E-state index contributed by atoms with van der Waals surface area (Å²) >= 11 is 0. The third-order valence-corrected chi connectivity index (χ3v) is 5.36. The Morgan fingerprint density at radius 2 is 1.96 bits per heavy atom. The van der Waals surface area contributed by atoms with Crippen LogP contribution in [0.1, 0.15) is 44.9 Å². The summed E-state index contributed by atoms with van der Waals surface area (Å²) in [7, 11) is 2.20. The molecule has 2 aliphatic rings. The molecule has 2 fully saturated rings. The fourth-order valence-corrected chi connectivity index (χ4v) is 3.85. The van der Waals surface area contributed by atoms with Crippen LogP contribution in [-0.2, 0) is 0 Å². The van der Waals surface area contributed by atoms with Crippen LogP contribution < -0.4 is 4.90 Å². The van der Waals surface area contributed by atoms with Crippen molar-refractivity contribution in [2.24, 2.45) is 0 Å². The number of aromatic nitrogens is 2. The van der Waals surface area contributed by atoms with Crippen LogP contribution in [-0.4, -0.2) is 83.5 Å². The first kappa shape index (κ1) is 17.6. The highest BCUT2D eigenvalue weighted by Gasteiger charge is 2.34. The van der Waals surface area contributed by atoms with E-state index in [1.165, 1.54) is 25.9 Å². The van der Waals surface area contributed by atoms with Gasteiger partial charge in [0, 0.05) is 44.2 Å². The van der Waals surface area contributed by atoms with E-state index >= 15 is 0 Å². The number of hydrogen-bond acceptors (Lipinski definition) is 7. The summed E-state index contributed by atoms with van der Waals surface area (Å²) < 4.78 is 5.36. The Labute approximate surface area is 144 Å². The third kappa shape index (κ3) is 3.90. The van der Waals surface area contributed by atoms with Crippen LogP contribution in [0.5, 0.6) is 0 Å². The normalized spacial score (nSPS) is 24.9. The lowest BCUT2D eigenvalue weighted by molar-refractivity contribution is 0.0593. The molecular weight excluding hydrogens is 306 g/mol. The van der Waals surface area contributed by atoms with Crippen LogP contribution in [0.3, 0.4) is 0 Å². The summed E-state index contributed by atoms with van der Waals surface area (Å²) in [4.78, 5) is 11.8. The molecule has 0 amide bonds. The highest BCUT2D eigenvalue weighted by Crippen LogP contribution is 2.25. The van der Waals surface area contributed by atoms with Gasteiger partial charge in [-0.15, -0.1) is 0 Å². The van der Waals surface area contributed by atoms with Gasteiger partial charge in [-0.1, -0.05) is 13.8 Å². The fourth-order valence-electron chi connectivity index (χ4n) is 3.85. The van der Waals surface area contributed by atoms with Gasteiger partial charge in [-0.25, -0.2) is 0 Å². The minimum absolute atomic E-state index is 0.227. The Morgan fingerprint density at radius 1 is 1.21 bits per heavy atom. The van der Waals surface area contributed by atoms with Gasteiger partial charge in [0.2, 0.25) is 5.89 Å². The maximum Gasteiger partial charge on any atom is 0.266 e. The molecular formula is C17H31N5O2. The standard InChI is InChI=1S/C17H31N5O2/c1-13(2)16-18-17(19-24-16)21-9-10-22(15(12-21)6-11-23)14-4-7-20(3)8-5-14/h13-15,23H,4-12H2,1-3H3. The summed E-state index contributed by atoms with van der Waals surface area (Å²) in [5.74, 6) is 1.64. The molecule has 1 aromatic rings. The smallest absolute Gasteiger partial charge is 0.266 e. The van der Waals surface area contributed by atoms with Crippen molar-refractivity contribution in [1.29, 1.82) is 0 Å². The van der Waals surface area contributed by atoms with Crippen molar-refractivity contribution in [3.05, 3.63) is 5.89 Å². The fraction of sp³-hybridized carbons (Fsp3) is 0.882. The van der Waals surface area contributed by atoms with Gasteiger partial charge in [0.05, 0.1) is 0 Å². The Bertz CT molecular complexity index is 513. The van der Waals surface area contributed by atoms with Crippen LogP contribution >= 0.6 is 0 Å². The Kier molecular flexibility index (Phi) is 5.73. The van der Waals surface area contributed by atoms with Crippen molar-refractivity contribution in [2.45, 2.75) is 51.1 Å². The minimum atomic E-state index is 0.227. The predicted molar refractivity (Wildman–Crippen MR) is 93.3 cm³/mol. The summed E-state index contributed by atoms with van der Waals surface area (Å²) in [5, 5.41) is 13.7. The Morgan fingerprint density at radius 3 is 2.58 bits per heavy atom. The summed E-state index contributed by atoms with van der Waals surface area (Å²) in [6.07, 6.45) is 3.24. The van der Waals surface area contributed by atoms with Crippen molar-refractivity contribution in [3.8, 4) is 0 Å². The Balaban J connectivity index is 1.66. The lowest BCUT2D eigenvalue weighted by Crippen LogP contribution is -2.58. The lowest BCUT2D eigenvalue weighted by Gasteiger charge is -2.47. The number of piperazine rings is 1. The van der Waals surface area contributed by atoms with E-state index in [0.717, 1.165) is 26.1 Å². The average Bonchev–Trinajstić information content (AvgIpc) is 3.06. The number of aliphatic hydroxyl groups excluding tert-OH is 1. The lowest BCUT2D eigenvalue weighted by atomic mass is 9.98. The largest absolute Gasteiger partial charge is 0.396 e. The zero-order chi connectivity index (χ0) is 17.1. The van der Waals surface area contributed by atoms with Crippen LogP contribution in [0, 0.1) is 0 Å². The van der Waals surface area contributed by atoms with E-state index in [2.05, 4.69) is 45.7 Å². The SMILES string of the molecule is CC(C)c1nc(N2CCN(C3CCN(C)CC3)C(CCO)C2)no1. The average molecular weight is 337 g/mol. The van der Waals surface area contributed by atoms with Gasteiger partial charge in [0.1, 0.15) is 0 Å². The molecule has 2 saturated heterocycles. The number of piperidine rings is 1. The molecule has 0 spiro atoms. The molecule has 7 nitrogen and oxygen atoms in total. The predicted octanol–water partition coefficient (Wildman–Crippen LogP) is 1.16. The first-order valence-electron chi connectivity index (χ1n) is 9.22. The second kappa shape index (κ2) is 7.80. The van der Waals surface area contributed by atoms with E-state index in [1.54, 1.807) is 0 Å². The molecule has 0 aromatic carbocycles. The second-order valence-electron chi connectivity index (χ2n) is 7.47. The second-order valence-corrected chi connectivity index (χ2v) is 7.47. The molecule has 1 N–H and O–H groups in total. The van der Waals surface area contributed by atoms with E-state index in [0.29, 0.717) is 23.9 Å². The van der Waals surface area contributed by atoms with Gasteiger partial charge in [-0.3, -0.25) is 4.90 Å². The number of rotatable bonds is 5. The van der Waals surface area contributed by atoms with Crippen molar-refractivity contribution in [1.82, 2.24) is 19.9 Å². The number of anilines is 1. The van der Waals surface area contributed by atoms with Crippen LogP contribution in [0.4, 0.5) is 5.95 Å². The van der Waals surface area contributed by atoms with Gasteiger partial charge in [-0.2, -0.15) is 4.98 Å². The van der Waals surface area contributed by atoms with E-state index in [4.69, 9.17) is 4.52 Å². The van der Waals surface area contributed by atoms with Crippen LogP contribution in [0.15, 0.2) is 4.52 Å². The topological polar surface area (TPSA) is 68.9 Å². The summed E-state index contributed by atoms with van der Waals surface area (Å²) in [6.45, 7) is 9.47. The van der Waals surface area contributed by atoms with Gasteiger partial charge >= 0.3 is 0 Å². The zero-order valence-corrected chi connectivity index (χ0v) is 15.2. The quantitative estimate of drug-likeness (QED) is 0.864. The molecule has 1 atom stereocenters. The van der Waals surface area contributed by atoms with Crippen LogP contribution in [0.2, 0.25) is 0 Å². The summed E-state index contributed by atoms with van der Waals surface area (Å²) in [5.41, 5.74) is 0. The number of aliphatic hydroxyl groups is 1. The van der Waals surface area contributed by atoms with Gasteiger partial charge < -0.3 is 19.4 Å². The minimum Gasteiger partial charge on any atom is -0.396 e. The van der Waals surface area contributed by atoms with E-state index in [1.807, 2.05) is 0 Å². The highest BCUT2D eigenvalue weighted by atomic mass is 16.5. The molecule has 1 aromatic heterocycles. The number of nitrogens with zero attached hydrogens (tertiary/aromatic N) is 5. The first-order chi connectivity index (χ1) is 11.6. The van der Waals surface area contributed by atoms with Gasteiger partial charge in [0.15, 0.2) is 0 Å². The molecule has 24 heavy (non-hydrogen) atoms. The van der Waals surface area contributed by atoms with E-state index in [-0.39, 0.29) is 12.5 Å². The monoisotopic (exact) mass is 337 g/mol. The molecule has 7 heteroatoms. The zero-order valence-electron chi connectivity index (χ0n) is 15.2. The van der Waals surface area contributed by atoms with Gasteiger partial charge in [-0.05, 0) is 44.6 Å². The van der Waals surface area contributed by atoms with Crippen molar-refractivity contribution in [3.63, 3.8) is 0 Å². The highest BCUT2D eigenvalue weighted by molar-refractivity contribution is 5.30. The van der Waals surface area contributed by atoms with Crippen LogP contribution in [0.25, 0.3) is 0 Å². The number of likely N-dealkylation sites (tertiary alicyclic amines) is 1. The summed E-state index contributed by atoms with van der Waals surface area (Å²) in [6, 6.07) is 0.995. The third-order valence-electron chi connectivity index (χ3n) is 5.36. The Hall–Kier alpha value is -1.18. The molecule has 0 saturated carbocycles. The maximum atomic E-state index is 9.51. The van der Waals surface area contributed by atoms with E-state index < -0.39 is 0 Å². The van der Waals surface area contributed by atoms with E-state index in [9.17, 15) is 5.11 Å². The van der Waals surface area contributed by atoms with Gasteiger partial charge in [0.25, 0.3) is 5.95 Å². The van der Waals surface area contributed by atoms with Crippen molar-refractivity contribution < 1.29 is 9.63 Å². The molecule has 1 unspecified atom stereocenters. The first-order valence-corrected chi connectivity index (χ1v) is 9.22. The maximum absolute atomic E-state index is 9.51. The number of hydrogen-bond donors (Lipinski definition) is 1. The van der Waals surface area contributed by atoms with Crippen molar-refractivity contribution in [2.75, 3.05) is 51.3 Å². The molecule has 3 heterocycles. The molecule has 3 rings (SSSR count). The molecule has 0 bridgehead atoms. The molecule has 0 aliphatic carbocycles. The molecule has 136 valence electrons. The molecule has 2 aliphatic heterocycles. The molecule has 0 radical (unpaired) electrons.